The van der Waals surface area contributed by atoms with Crippen LogP contribution in [0.1, 0.15) is 44.7 Å². The van der Waals surface area contributed by atoms with Crippen LogP contribution in [-0.4, -0.2) is 10.5 Å². The fourth-order valence-corrected chi connectivity index (χ4v) is 4.32. The first-order valence-corrected chi connectivity index (χ1v) is 9.31. The molecule has 0 bridgehead atoms. The van der Waals surface area contributed by atoms with Crippen molar-refractivity contribution in [2.24, 2.45) is 0 Å². The van der Waals surface area contributed by atoms with E-state index in [9.17, 15) is 0 Å². The summed E-state index contributed by atoms with van der Waals surface area (Å²) in [6.07, 6.45) is 2.20. The van der Waals surface area contributed by atoms with Gasteiger partial charge in [-0.05, 0) is 55.3 Å². The Hall–Kier alpha value is -0.230. The Labute approximate surface area is 137 Å². The maximum Gasteiger partial charge on any atom is 0.133 e. The summed E-state index contributed by atoms with van der Waals surface area (Å²) in [6, 6.07) is 4.23. The van der Waals surface area contributed by atoms with E-state index in [4.69, 9.17) is 4.98 Å². The van der Waals surface area contributed by atoms with E-state index in [0.717, 1.165) is 28.2 Å². The lowest BCUT2D eigenvalue weighted by Gasteiger charge is -2.20. The highest BCUT2D eigenvalue weighted by Gasteiger charge is 2.16. The van der Waals surface area contributed by atoms with Gasteiger partial charge in [0.25, 0.3) is 0 Å². The van der Waals surface area contributed by atoms with Crippen LogP contribution in [0.25, 0.3) is 9.88 Å². The fourth-order valence-electron chi connectivity index (χ4n) is 1.83. The predicted molar refractivity (Wildman–Crippen MR) is 93.7 cm³/mol. The van der Waals surface area contributed by atoms with E-state index in [1.807, 2.05) is 11.3 Å². The van der Waals surface area contributed by atoms with Crippen molar-refractivity contribution in [3.05, 3.63) is 26.5 Å². The molecule has 20 heavy (non-hydrogen) atoms. The number of hydrogen-bond donors (Lipinski definition) is 1. The molecule has 0 saturated carbocycles. The molecule has 0 saturated heterocycles. The van der Waals surface area contributed by atoms with Crippen molar-refractivity contribution >= 4 is 38.6 Å². The minimum absolute atomic E-state index is 0.138. The van der Waals surface area contributed by atoms with Gasteiger partial charge < -0.3 is 5.32 Å². The summed E-state index contributed by atoms with van der Waals surface area (Å²) in [6.45, 7) is 9.71. The highest BCUT2D eigenvalue weighted by Crippen LogP contribution is 2.35. The Balaban J connectivity index is 2.23. The molecule has 0 aliphatic rings. The predicted octanol–water partition coefficient (Wildman–Crippen LogP) is 5.47. The average Bonchev–Trinajstić information content (AvgIpc) is 2.93. The third-order valence-corrected chi connectivity index (χ3v) is 5.72. The van der Waals surface area contributed by atoms with Crippen LogP contribution < -0.4 is 5.32 Å². The quantitative estimate of drug-likeness (QED) is 0.751. The number of hydrogen-bond acceptors (Lipinski definition) is 4. The Morgan fingerprint density at radius 3 is 2.55 bits per heavy atom. The van der Waals surface area contributed by atoms with Gasteiger partial charge in [0.15, 0.2) is 0 Å². The van der Waals surface area contributed by atoms with Crippen LogP contribution in [0.3, 0.4) is 0 Å². The summed E-state index contributed by atoms with van der Waals surface area (Å²) in [4.78, 5) is 7.48. The maximum absolute atomic E-state index is 4.85. The van der Waals surface area contributed by atoms with E-state index in [0.29, 0.717) is 0 Å². The molecule has 110 valence electrons. The van der Waals surface area contributed by atoms with E-state index in [-0.39, 0.29) is 5.54 Å². The maximum atomic E-state index is 4.85. The van der Waals surface area contributed by atoms with Crippen molar-refractivity contribution in [1.82, 2.24) is 10.3 Å². The number of thiophene rings is 1. The summed E-state index contributed by atoms with van der Waals surface area (Å²) < 4.78 is 1.16. The third kappa shape index (κ3) is 4.38. The molecule has 0 unspecified atom stereocenters. The van der Waals surface area contributed by atoms with Crippen LogP contribution in [0, 0.1) is 0 Å². The molecule has 0 atom stereocenters. The molecule has 0 aliphatic heterocycles. The van der Waals surface area contributed by atoms with E-state index < -0.39 is 0 Å². The molecule has 0 spiro atoms. The molecule has 2 aromatic rings. The fraction of sp³-hybridized carbons (Fsp3) is 0.533. The zero-order chi connectivity index (χ0) is 14.8. The molecule has 0 aliphatic carbocycles. The first-order valence-electron chi connectivity index (χ1n) is 6.88. The third-order valence-electron chi connectivity index (χ3n) is 2.83. The molecule has 0 radical (unpaired) electrons. The molecular formula is C15H21BrN2S2. The number of rotatable bonds is 5. The van der Waals surface area contributed by atoms with Crippen molar-refractivity contribution in [1.29, 1.82) is 0 Å². The van der Waals surface area contributed by atoms with E-state index in [2.05, 4.69) is 61.1 Å². The molecule has 0 fully saturated rings. The molecule has 0 amide bonds. The number of aromatic nitrogens is 1. The van der Waals surface area contributed by atoms with E-state index in [1.54, 1.807) is 11.3 Å². The van der Waals surface area contributed by atoms with E-state index in [1.165, 1.54) is 15.4 Å². The van der Waals surface area contributed by atoms with Crippen LogP contribution in [-0.2, 0) is 13.0 Å². The molecule has 5 heteroatoms. The van der Waals surface area contributed by atoms with Gasteiger partial charge in [-0.25, -0.2) is 4.98 Å². The molecule has 2 aromatic heterocycles. The minimum Gasteiger partial charge on any atom is -0.307 e. The first-order chi connectivity index (χ1) is 9.39. The second-order valence-electron chi connectivity index (χ2n) is 5.85. The second-order valence-corrected chi connectivity index (χ2v) is 9.39. The number of thiazole rings is 1. The van der Waals surface area contributed by atoms with Crippen molar-refractivity contribution in [3.63, 3.8) is 0 Å². The van der Waals surface area contributed by atoms with Gasteiger partial charge in [-0.15, -0.1) is 22.7 Å². The number of nitrogens with one attached hydrogen (secondary N) is 1. The molecule has 1 N–H and O–H groups in total. The van der Waals surface area contributed by atoms with Gasteiger partial charge >= 0.3 is 0 Å². The first kappa shape index (κ1) is 16.1. The van der Waals surface area contributed by atoms with Crippen LogP contribution in [0.5, 0.6) is 0 Å². The van der Waals surface area contributed by atoms with Crippen molar-refractivity contribution in [2.75, 3.05) is 0 Å². The summed E-state index contributed by atoms with van der Waals surface area (Å²) >= 11 is 7.10. The monoisotopic (exact) mass is 372 g/mol. The Morgan fingerprint density at radius 1 is 1.25 bits per heavy atom. The van der Waals surface area contributed by atoms with E-state index >= 15 is 0 Å². The number of nitrogens with zero attached hydrogens (tertiary/aromatic N) is 1. The largest absolute Gasteiger partial charge is 0.307 e. The summed E-state index contributed by atoms with van der Waals surface area (Å²) in [5.41, 5.74) is 1.40. The SMILES string of the molecule is CCCc1nc(-c2ccc(Br)s2)sc1CNC(C)(C)C. The standard InChI is InChI=1S/C15H21BrN2S2/c1-5-6-10-12(9-17-15(2,3)4)20-14(18-10)11-7-8-13(16)19-11/h7-8,17H,5-6,9H2,1-4H3. The Bertz CT molecular complexity index is 567. The topological polar surface area (TPSA) is 24.9 Å². The zero-order valence-electron chi connectivity index (χ0n) is 12.4. The summed E-state index contributed by atoms with van der Waals surface area (Å²) in [5, 5.41) is 4.72. The number of aryl methyl sites for hydroxylation is 1. The average molecular weight is 373 g/mol. The van der Waals surface area contributed by atoms with Gasteiger partial charge in [-0.1, -0.05) is 13.3 Å². The van der Waals surface area contributed by atoms with Crippen LogP contribution in [0.4, 0.5) is 0 Å². The smallest absolute Gasteiger partial charge is 0.133 e. The van der Waals surface area contributed by atoms with Crippen molar-refractivity contribution in [2.45, 2.75) is 52.6 Å². The molecule has 2 rings (SSSR count). The van der Waals surface area contributed by atoms with Gasteiger partial charge in [-0.2, -0.15) is 0 Å². The minimum atomic E-state index is 0.138. The lowest BCUT2D eigenvalue weighted by Crippen LogP contribution is -2.35. The number of halogens is 1. The van der Waals surface area contributed by atoms with Gasteiger partial charge in [0.05, 0.1) is 14.4 Å². The second kappa shape index (κ2) is 6.69. The summed E-state index contributed by atoms with van der Waals surface area (Å²) in [7, 11) is 0. The summed E-state index contributed by atoms with van der Waals surface area (Å²) in [5.74, 6) is 0. The van der Waals surface area contributed by atoms with Gasteiger partial charge in [0.1, 0.15) is 5.01 Å². The van der Waals surface area contributed by atoms with Gasteiger partial charge in [-0.3, -0.25) is 0 Å². The normalized spacial score (nSPS) is 12.1. The Kier molecular flexibility index (Phi) is 5.40. The van der Waals surface area contributed by atoms with Gasteiger partial charge in [0, 0.05) is 17.0 Å². The molecule has 2 nitrogen and oxygen atoms in total. The highest BCUT2D eigenvalue weighted by molar-refractivity contribution is 9.11. The van der Waals surface area contributed by atoms with Gasteiger partial charge in [0.2, 0.25) is 0 Å². The lowest BCUT2D eigenvalue weighted by molar-refractivity contribution is 0.425. The molecule has 2 heterocycles. The highest BCUT2D eigenvalue weighted by atomic mass is 79.9. The zero-order valence-corrected chi connectivity index (χ0v) is 15.6. The van der Waals surface area contributed by atoms with Crippen LogP contribution in [0.15, 0.2) is 15.9 Å². The molecular weight excluding hydrogens is 352 g/mol. The van der Waals surface area contributed by atoms with Crippen molar-refractivity contribution < 1.29 is 0 Å². The van der Waals surface area contributed by atoms with Crippen molar-refractivity contribution in [3.8, 4) is 9.88 Å². The Morgan fingerprint density at radius 2 is 2.00 bits per heavy atom. The molecule has 0 aromatic carbocycles. The lowest BCUT2D eigenvalue weighted by atomic mass is 10.1. The van der Waals surface area contributed by atoms with Crippen LogP contribution >= 0.6 is 38.6 Å². The van der Waals surface area contributed by atoms with Crippen LogP contribution in [0.2, 0.25) is 0 Å².